The largest absolute Gasteiger partial charge is 0.497 e. The number of hydrogen-bond donors (Lipinski definition) is 2. The molecule has 2 aromatic carbocycles. The predicted octanol–water partition coefficient (Wildman–Crippen LogP) is 3.26. The first-order valence-corrected chi connectivity index (χ1v) is 9.60. The van der Waals surface area contributed by atoms with Gasteiger partial charge in [0.2, 0.25) is 0 Å². The van der Waals surface area contributed by atoms with E-state index < -0.39 is 0 Å². The molecule has 7 nitrogen and oxygen atoms in total. The first kappa shape index (κ1) is 17.1. The molecular formula is C21H24N6O. The van der Waals surface area contributed by atoms with Gasteiger partial charge in [0.1, 0.15) is 11.4 Å². The Hall–Kier alpha value is -3.06. The van der Waals surface area contributed by atoms with Crippen molar-refractivity contribution in [1.82, 2.24) is 25.1 Å². The maximum absolute atomic E-state index is 5.36. The summed E-state index contributed by atoms with van der Waals surface area (Å²) in [4.78, 5) is 13.1. The van der Waals surface area contributed by atoms with Gasteiger partial charge in [-0.1, -0.05) is 0 Å². The number of likely N-dealkylation sites (N-methyl/N-ethyl adjacent to an activating group) is 1. The molecule has 1 aliphatic heterocycles. The highest BCUT2D eigenvalue weighted by atomic mass is 16.5. The quantitative estimate of drug-likeness (QED) is 0.574. The van der Waals surface area contributed by atoms with E-state index in [4.69, 9.17) is 9.72 Å². The molecule has 1 fully saturated rings. The minimum atomic E-state index is 0.548. The van der Waals surface area contributed by atoms with Gasteiger partial charge in [-0.3, -0.25) is 5.10 Å². The lowest BCUT2D eigenvalue weighted by Gasteiger charge is -2.39. The molecular weight excluding hydrogens is 352 g/mol. The van der Waals surface area contributed by atoms with Gasteiger partial charge in [-0.25, -0.2) is 4.98 Å². The number of methoxy groups -OCH3 is 1. The van der Waals surface area contributed by atoms with Crippen LogP contribution in [0.25, 0.3) is 33.5 Å². The number of aromatic nitrogens is 4. The molecule has 1 atom stereocenters. The number of fused-ring (bicyclic) bond motifs is 2. The van der Waals surface area contributed by atoms with Crippen molar-refractivity contribution in [2.45, 2.75) is 13.0 Å². The zero-order valence-corrected chi connectivity index (χ0v) is 16.4. The molecule has 5 rings (SSSR count). The van der Waals surface area contributed by atoms with E-state index in [0.29, 0.717) is 6.04 Å². The van der Waals surface area contributed by atoms with E-state index in [1.54, 1.807) is 7.11 Å². The van der Waals surface area contributed by atoms with Crippen molar-refractivity contribution in [1.29, 1.82) is 0 Å². The zero-order chi connectivity index (χ0) is 19.3. The van der Waals surface area contributed by atoms with Crippen LogP contribution in [0.1, 0.15) is 6.92 Å². The van der Waals surface area contributed by atoms with Crippen LogP contribution in [0.2, 0.25) is 0 Å². The molecule has 0 spiro atoms. The number of ether oxygens (including phenoxy) is 1. The lowest BCUT2D eigenvalue weighted by Crippen LogP contribution is -2.50. The summed E-state index contributed by atoms with van der Waals surface area (Å²) in [5.41, 5.74) is 4.97. The maximum Gasteiger partial charge on any atom is 0.159 e. The summed E-state index contributed by atoms with van der Waals surface area (Å²) < 4.78 is 5.36. The van der Waals surface area contributed by atoms with Crippen molar-refractivity contribution >= 4 is 27.6 Å². The Balaban J connectivity index is 1.52. The third-order valence-corrected chi connectivity index (χ3v) is 5.78. The van der Waals surface area contributed by atoms with Gasteiger partial charge in [-0.05, 0) is 50.4 Å². The molecule has 0 radical (unpaired) electrons. The summed E-state index contributed by atoms with van der Waals surface area (Å²) in [5, 5.41) is 8.54. The number of nitrogens with zero attached hydrogens (tertiary/aromatic N) is 4. The Morgan fingerprint density at radius 2 is 2.00 bits per heavy atom. The van der Waals surface area contributed by atoms with Crippen LogP contribution >= 0.6 is 0 Å². The molecule has 144 valence electrons. The summed E-state index contributed by atoms with van der Waals surface area (Å²) in [6, 6.07) is 12.9. The SMILES string of the molecule is COc1ccc2[nH]nc(-c3nc4ccc(N5CCN(C)[C@@H](C)C5)cc4[nH]3)c2c1. The maximum atomic E-state index is 5.36. The Bertz CT molecular complexity index is 1150. The van der Waals surface area contributed by atoms with Crippen LogP contribution in [0.15, 0.2) is 36.4 Å². The number of aromatic amines is 2. The van der Waals surface area contributed by atoms with E-state index in [2.05, 4.69) is 57.2 Å². The molecule has 4 aromatic rings. The number of piperazine rings is 1. The number of rotatable bonds is 3. The van der Waals surface area contributed by atoms with E-state index in [9.17, 15) is 0 Å². The summed E-state index contributed by atoms with van der Waals surface area (Å²) in [5.74, 6) is 1.57. The van der Waals surface area contributed by atoms with Crippen LogP contribution in [0.4, 0.5) is 5.69 Å². The predicted molar refractivity (Wildman–Crippen MR) is 112 cm³/mol. The van der Waals surface area contributed by atoms with Crippen molar-refractivity contribution in [3.8, 4) is 17.3 Å². The topological polar surface area (TPSA) is 73.1 Å². The Labute approximate surface area is 163 Å². The second-order valence-electron chi connectivity index (χ2n) is 7.55. The van der Waals surface area contributed by atoms with E-state index in [-0.39, 0.29) is 0 Å². The molecule has 1 aliphatic rings. The van der Waals surface area contributed by atoms with Crippen molar-refractivity contribution in [2.24, 2.45) is 0 Å². The molecule has 0 saturated carbocycles. The van der Waals surface area contributed by atoms with E-state index in [1.807, 2.05) is 18.2 Å². The molecule has 0 unspecified atom stereocenters. The minimum Gasteiger partial charge on any atom is -0.497 e. The summed E-state index contributed by atoms with van der Waals surface area (Å²) in [6.45, 7) is 5.43. The normalized spacial score (nSPS) is 18.2. The van der Waals surface area contributed by atoms with Crippen LogP contribution in [0, 0.1) is 0 Å². The molecule has 0 bridgehead atoms. The standard InChI is InChI=1S/C21H24N6O/c1-13-12-27(9-8-26(13)2)14-4-6-18-19(10-14)23-21(22-18)20-16-11-15(28-3)5-7-17(16)24-25-20/h4-7,10-11,13H,8-9,12H2,1-3H3,(H,22,23)(H,24,25)/t13-/m0/s1. The number of H-pyrrole nitrogens is 2. The highest BCUT2D eigenvalue weighted by Gasteiger charge is 2.21. The van der Waals surface area contributed by atoms with Crippen LogP contribution < -0.4 is 9.64 Å². The number of hydrogen-bond acceptors (Lipinski definition) is 5. The average molecular weight is 376 g/mol. The number of nitrogens with one attached hydrogen (secondary N) is 2. The average Bonchev–Trinajstić information content (AvgIpc) is 3.32. The van der Waals surface area contributed by atoms with Gasteiger partial charge in [0.15, 0.2) is 5.82 Å². The van der Waals surface area contributed by atoms with Crippen LogP contribution in [-0.2, 0) is 0 Å². The van der Waals surface area contributed by atoms with Crippen LogP contribution in [-0.4, -0.2) is 64.9 Å². The highest BCUT2D eigenvalue weighted by molar-refractivity contribution is 5.94. The smallest absolute Gasteiger partial charge is 0.159 e. The van der Waals surface area contributed by atoms with E-state index in [1.165, 1.54) is 5.69 Å². The fourth-order valence-corrected chi connectivity index (χ4v) is 3.89. The zero-order valence-electron chi connectivity index (χ0n) is 16.4. The van der Waals surface area contributed by atoms with E-state index >= 15 is 0 Å². The van der Waals surface area contributed by atoms with Crippen molar-refractivity contribution in [3.05, 3.63) is 36.4 Å². The minimum absolute atomic E-state index is 0.548. The molecule has 3 heterocycles. The lowest BCUT2D eigenvalue weighted by molar-refractivity contribution is 0.234. The Morgan fingerprint density at radius 3 is 2.82 bits per heavy atom. The van der Waals surface area contributed by atoms with Gasteiger partial charge in [-0.2, -0.15) is 5.10 Å². The van der Waals surface area contributed by atoms with Crippen LogP contribution in [0.3, 0.4) is 0 Å². The van der Waals surface area contributed by atoms with Gasteiger partial charge < -0.3 is 19.5 Å². The van der Waals surface area contributed by atoms with Gasteiger partial charge in [-0.15, -0.1) is 0 Å². The molecule has 2 N–H and O–H groups in total. The van der Waals surface area contributed by atoms with Gasteiger partial charge in [0.05, 0.1) is 23.7 Å². The number of imidazole rings is 1. The third-order valence-electron chi connectivity index (χ3n) is 5.78. The number of benzene rings is 2. The second kappa shape index (κ2) is 6.53. The third kappa shape index (κ3) is 2.79. The molecule has 2 aromatic heterocycles. The molecule has 0 amide bonds. The highest BCUT2D eigenvalue weighted by Crippen LogP contribution is 2.30. The van der Waals surface area contributed by atoms with E-state index in [0.717, 1.165) is 58.8 Å². The van der Waals surface area contributed by atoms with Crippen LogP contribution in [0.5, 0.6) is 5.75 Å². The first-order valence-electron chi connectivity index (χ1n) is 9.60. The molecule has 1 saturated heterocycles. The van der Waals surface area contributed by atoms with Crippen molar-refractivity contribution in [2.75, 3.05) is 38.7 Å². The van der Waals surface area contributed by atoms with Crippen molar-refractivity contribution in [3.63, 3.8) is 0 Å². The van der Waals surface area contributed by atoms with Crippen molar-refractivity contribution < 1.29 is 4.74 Å². The van der Waals surface area contributed by atoms with Gasteiger partial charge in [0, 0.05) is 36.7 Å². The lowest BCUT2D eigenvalue weighted by atomic mass is 10.1. The van der Waals surface area contributed by atoms with Gasteiger partial charge >= 0.3 is 0 Å². The Morgan fingerprint density at radius 1 is 1.11 bits per heavy atom. The summed E-state index contributed by atoms with van der Waals surface area (Å²) in [7, 11) is 3.86. The molecule has 0 aliphatic carbocycles. The first-order chi connectivity index (χ1) is 13.6. The Kier molecular flexibility index (Phi) is 3.98. The van der Waals surface area contributed by atoms with Gasteiger partial charge in [0.25, 0.3) is 0 Å². The molecule has 28 heavy (non-hydrogen) atoms. The summed E-state index contributed by atoms with van der Waals surface area (Å²) in [6.07, 6.45) is 0. The second-order valence-corrected chi connectivity index (χ2v) is 7.55. The monoisotopic (exact) mass is 376 g/mol. The summed E-state index contributed by atoms with van der Waals surface area (Å²) >= 11 is 0. The fourth-order valence-electron chi connectivity index (χ4n) is 3.89. The fraction of sp³-hybridized carbons (Fsp3) is 0.333. The number of anilines is 1. The molecule has 7 heteroatoms.